The van der Waals surface area contributed by atoms with Gasteiger partial charge in [-0.15, -0.1) is 0 Å². The number of fused-ring (bicyclic) bond motifs is 5. The quantitative estimate of drug-likeness (QED) is 0.520. The minimum atomic E-state index is -0.0891. The van der Waals surface area contributed by atoms with E-state index in [1.54, 1.807) is 0 Å². The Labute approximate surface area is 168 Å². The molecule has 0 aromatic heterocycles. The average Bonchev–Trinajstić information content (AvgIpc) is 2.98. The molecule has 27 heavy (non-hydrogen) atoms. The van der Waals surface area contributed by atoms with E-state index in [9.17, 15) is 5.11 Å². The van der Waals surface area contributed by atoms with Gasteiger partial charge < -0.3 is 5.11 Å². The van der Waals surface area contributed by atoms with Gasteiger partial charge in [0.15, 0.2) is 0 Å². The van der Waals surface area contributed by atoms with E-state index in [-0.39, 0.29) is 6.10 Å². The topological polar surface area (TPSA) is 20.2 Å². The zero-order chi connectivity index (χ0) is 19.2. The first-order valence-electron chi connectivity index (χ1n) is 12.2. The third kappa shape index (κ3) is 3.34. The second-order valence-electron chi connectivity index (χ2n) is 11.6. The molecule has 1 nitrogen and oxygen atoms in total. The second-order valence-corrected chi connectivity index (χ2v) is 11.6. The van der Waals surface area contributed by atoms with Crippen molar-refractivity contribution in [2.75, 3.05) is 0 Å². The zero-order valence-corrected chi connectivity index (χ0v) is 18.5. The van der Waals surface area contributed by atoms with Crippen molar-refractivity contribution in [1.29, 1.82) is 0 Å². The van der Waals surface area contributed by atoms with Crippen molar-refractivity contribution >= 4 is 0 Å². The lowest BCUT2D eigenvalue weighted by Gasteiger charge is -2.60. The van der Waals surface area contributed by atoms with E-state index in [1.165, 1.54) is 69.8 Å². The van der Waals surface area contributed by atoms with Crippen molar-refractivity contribution in [3.05, 3.63) is 11.6 Å². The van der Waals surface area contributed by atoms with Crippen LogP contribution in [0, 0.1) is 40.4 Å². The van der Waals surface area contributed by atoms with E-state index in [2.05, 4.69) is 33.8 Å². The summed E-state index contributed by atoms with van der Waals surface area (Å²) in [6.45, 7) is 9.59. The molecule has 4 aliphatic carbocycles. The molecule has 154 valence electrons. The Kier molecular flexibility index (Phi) is 5.56. The summed E-state index contributed by atoms with van der Waals surface area (Å²) in [5.41, 5.74) is 2.43. The predicted octanol–water partition coefficient (Wildman–Crippen LogP) is 7.14. The molecule has 4 fully saturated rings. The predicted molar refractivity (Wildman–Crippen MR) is 115 cm³/mol. The summed E-state index contributed by atoms with van der Waals surface area (Å²) in [6, 6.07) is 0. The van der Waals surface area contributed by atoms with Crippen LogP contribution in [0.4, 0.5) is 0 Å². The van der Waals surface area contributed by atoms with Crippen LogP contribution in [-0.4, -0.2) is 11.2 Å². The summed E-state index contributed by atoms with van der Waals surface area (Å²) in [4.78, 5) is 0. The molecular weight excluding hydrogens is 328 g/mol. The number of aliphatic hydroxyl groups is 1. The maximum absolute atomic E-state index is 11.1. The van der Waals surface area contributed by atoms with Gasteiger partial charge in [0, 0.05) is 0 Å². The van der Waals surface area contributed by atoms with E-state index in [0.29, 0.717) is 16.7 Å². The molecule has 4 saturated carbocycles. The summed E-state index contributed by atoms with van der Waals surface area (Å²) in [6.07, 6.45) is 18.7. The minimum Gasteiger partial charge on any atom is -0.393 e. The molecule has 1 N–H and O–H groups in total. The fraction of sp³-hybridized carbons (Fsp3) is 0.923. The molecule has 0 bridgehead atoms. The van der Waals surface area contributed by atoms with Gasteiger partial charge in [-0.2, -0.15) is 0 Å². The van der Waals surface area contributed by atoms with Crippen LogP contribution in [0.5, 0.6) is 0 Å². The first-order chi connectivity index (χ1) is 12.9. The van der Waals surface area contributed by atoms with Crippen molar-refractivity contribution < 1.29 is 5.11 Å². The fourth-order valence-corrected chi connectivity index (χ4v) is 8.71. The summed E-state index contributed by atoms with van der Waals surface area (Å²) in [5, 5.41) is 11.1. The first-order valence-corrected chi connectivity index (χ1v) is 12.2. The van der Waals surface area contributed by atoms with Crippen LogP contribution in [0.3, 0.4) is 0 Å². The molecule has 0 aliphatic heterocycles. The van der Waals surface area contributed by atoms with Crippen LogP contribution in [0.2, 0.25) is 0 Å². The Hall–Kier alpha value is -0.300. The fourth-order valence-electron chi connectivity index (χ4n) is 8.71. The van der Waals surface area contributed by atoms with Gasteiger partial charge in [-0.05, 0) is 118 Å². The lowest BCUT2D eigenvalue weighted by Crippen LogP contribution is -2.53. The van der Waals surface area contributed by atoms with Gasteiger partial charge in [-0.3, -0.25) is 0 Å². The number of hydrogen-bond donors (Lipinski definition) is 1. The Balaban J connectivity index is 1.49. The Bertz CT molecular complexity index is 561. The summed E-state index contributed by atoms with van der Waals surface area (Å²) in [7, 11) is 0. The molecule has 0 radical (unpaired) electrons. The Morgan fingerprint density at radius 1 is 0.926 bits per heavy atom. The Morgan fingerprint density at radius 2 is 1.70 bits per heavy atom. The van der Waals surface area contributed by atoms with Gasteiger partial charge in [-0.1, -0.05) is 38.3 Å². The molecule has 4 rings (SSSR count). The molecule has 8 atom stereocenters. The number of allylic oxidation sites excluding steroid dienone is 2. The molecule has 0 aromatic rings. The molecule has 0 spiro atoms. The van der Waals surface area contributed by atoms with Crippen molar-refractivity contribution in [2.45, 2.75) is 111 Å². The smallest absolute Gasteiger partial charge is 0.0576 e. The van der Waals surface area contributed by atoms with Gasteiger partial charge in [-0.25, -0.2) is 0 Å². The summed E-state index contributed by atoms with van der Waals surface area (Å²) >= 11 is 0. The maximum Gasteiger partial charge on any atom is 0.0576 e. The molecule has 0 amide bonds. The molecule has 0 saturated heterocycles. The third-order valence-corrected chi connectivity index (χ3v) is 10.1. The number of rotatable bonds is 4. The van der Waals surface area contributed by atoms with Crippen molar-refractivity contribution in [2.24, 2.45) is 40.4 Å². The first kappa shape index (κ1) is 20.0. The number of hydrogen-bond acceptors (Lipinski definition) is 1. The van der Waals surface area contributed by atoms with E-state index in [4.69, 9.17) is 0 Å². The lowest BCUT2D eigenvalue weighted by molar-refractivity contribution is -0.120. The number of aliphatic hydroxyl groups excluding tert-OH is 1. The monoisotopic (exact) mass is 372 g/mol. The van der Waals surface area contributed by atoms with Crippen LogP contribution in [0.15, 0.2) is 11.6 Å². The summed E-state index contributed by atoms with van der Waals surface area (Å²) < 4.78 is 0. The van der Waals surface area contributed by atoms with Gasteiger partial charge in [0.2, 0.25) is 0 Å². The van der Waals surface area contributed by atoms with Gasteiger partial charge in [0.1, 0.15) is 0 Å². The van der Waals surface area contributed by atoms with Gasteiger partial charge in [0.25, 0.3) is 0 Å². The van der Waals surface area contributed by atoms with Crippen molar-refractivity contribution in [3.8, 4) is 0 Å². The van der Waals surface area contributed by atoms with E-state index in [0.717, 1.165) is 36.5 Å². The van der Waals surface area contributed by atoms with Crippen LogP contribution < -0.4 is 0 Å². The second kappa shape index (κ2) is 7.51. The van der Waals surface area contributed by atoms with E-state index >= 15 is 0 Å². The van der Waals surface area contributed by atoms with Gasteiger partial charge >= 0.3 is 0 Å². The molecule has 1 heteroatoms. The van der Waals surface area contributed by atoms with Crippen molar-refractivity contribution in [3.63, 3.8) is 0 Å². The van der Waals surface area contributed by atoms with Crippen LogP contribution in [0.1, 0.15) is 105 Å². The van der Waals surface area contributed by atoms with Gasteiger partial charge in [0.05, 0.1) is 6.10 Å². The van der Waals surface area contributed by atoms with E-state index in [1.807, 2.05) is 0 Å². The SMILES string of the molecule is CC(C)=CCC[C@H](O)[C@H]1CC[C@H]2[C@@H]3CC[C@@H]4CCCC[C@]4(C)[C@H]3CC[C@]12C. The minimum absolute atomic E-state index is 0.0891. The largest absolute Gasteiger partial charge is 0.393 e. The van der Waals surface area contributed by atoms with Crippen LogP contribution in [-0.2, 0) is 0 Å². The van der Waals surface area contributed by atoms with Crippen LogP contribution >= 0.6 is 0 Å². The van der Waals surface area contributed by atoms with E-state index < -0.39 is 0 Å². The molecular formula is C26H44O. The lowest BCUT2D eigenvalue weighted by atomic mass is 9.44. The normalized spacial score (nSPS) is 47.5. The molecule has 0 heterocycles. The highest BCUT2D eigenvalue weighted by atomic mass is 16.3. The van der Waals surface area contributed by atoms with Crippen LogP contribution in [0.25, 0.3) is 0 Å². The highest BCUT2D eigenvalue weighted by molar-refractivity contribution is 5.09. The summed E-state index contributed by atoms with van der Waals surface area (Å²) in [5.74, 6) is 4.39. The Morgan fingerprint density at radius 3 is 2.48 bits per heavy atom. The molecule has 0 unspecified atom stereocenters. The highest BCUT2D eigenvalue weighted by Crippen LogP contribution is 2.67. The average molecular weight is 373 g/mol. The zero-order valence-electron chi connectivity index (χ0n) is 18.5. The maximum atomic E-state index is 11.1. The third-order valence-electron chi connectivity index (χ3n) is 10.1. The highest BCUT2D eigenvalue weighted by Gasteiger charge is 2.60. The van der Waals surface area contributed by atoms with Crippen molar-refractivity contribution in [1.82, 2.24) is 0 Å². The molecule has 4 aliphatic rings. The molecule has 0 aromatic carbocycles. The standard InChI is InChI=1S/C26H44O/c1-18(2)8-7-10-24(27)23-14-13-21-20-12-11-19-9-5-6-16-25(19,3)22(20)15-17-26(21,23)4/h8,19-24,27H,5-7,9-17H2,1-4H3/t19-,20-,21-,22-,23+,24-,25-,26-/m0/s1.